The number of thiocarbonyl (C=S) groups is 1. The Labute approximate surface area is 235 Å². The molecule has 8 nitrogen and oxygen atoms in total. The van der Waals surface area contributed by atoms with E-state index >= 15 is 0 Å². The van der Waals surface area contributed by atoms with Crippen LogP contribution in [0.25, 0.3) is 10.9 Å². The molecule has 0 amide bonds. The molecule has 0 radical (unpaired) electrons. The molecule has 2 heterocycles. The monoisotopic (exact) mass is 567 g/mol. The number of hydrogen-bond donors (Lipinski definition) is 3. The average molecular weight is 568 g/mol. The summed E-state index contributed by atoms with van der Waals surface area (Å²) in [6, 6.07) is 17.6. The summed E-state index contributed by atoms with van der Waals surface area (Å²) in [6.45, 7) is 2.68. The lowest BCUT2D eigenvalue weighted by Gasteiger charge is -2.14. The van der Waals surface area contributed by atoms with Crippen molar-refractivity contribution >= 4 is 51.3 Å². The van der Waals surface area contributed by atoms with Crippen molar-refractivity contribution in [3.05, 3.63) is 89.0 Å². The number of hydrogen-bond acceptors (Lipinski definition) is 7. The lowest BCUT2D eigenvalue weighted by Crippen LogP contribution is -2.36. The number of halogens is 2. The van der Waals surface area contributed by atoms with Crippen LogP contribution in [0.1, 0.15) is 17.5 Å². The first-order valence-electron chi connectivity index (χ1n) is 12.5. The Balaban J connectivity index is 1.20. The van der Waals surface area contributed by atoms with Crippen molar-refractivity contribution in [2.45, 2.75) is 25.9 Å². The van der Waals surface area contributed by atoms with Crippen molar-refractivity contribution in [1.29, 1.82) is 0 Å². The van der Waals surface area contributed by atoms with E-state index in [1.54, 1.807) is 24.3 Å². The van der Waals surface area contributed by atoms with E-state index in [0.717, 1.165) is 34.1 Å². The minimum Gasteiger partial charge on any atom is -0.487 e. The molecule has 1 fully saturated rings. The Morgan fingerprint density at radius 2 is 1.90 bits per heavy atom. The number of nitrogens with zero attached hydrogens (tertiary/aromatic N) is 2. The summed E-state index contributed by atoms with van der Waals surface area (Å²) in [5.74, 6) is 0.835. The molecule has 0 bridgehead atoms. The van der Waals surface area contributed by atoms with Crippen molar-refractivity contribution < 1.29 is 18.6 Å². The standard InChI is InChI=1S/C28H27ClFN5O3S/c29-23-14-21(5-7-25(23)38-16-19-2-1-3-20(30)12-19)35-27-22-13-18(4-6-24(22)33-17-34-27)15-32-28(39)31-9-8-26-36-10-11-37-26/h1-7,12-14,17,26H,8-11,15-16H2,(H2,31,32,39)(H,33,34,35). The molecule has 202 valence electrons. The second-order valence-corrected chi connectivity index (χ2v) is 9.65. The average Bonchev–Trinajstić information content (AvgIpc) is 3.45. The van der Waals surface area contributed by atoms with Crippen LogP contribution in [0.4, 0.5) is 15.9 Å². The highest BCUT2D eigenvalue weighted by atomic mass is 35.5. The molecular formula is C28H27ClFN5O3S. The summed E-state index contributed by atoms with van der Waals surface area (Å²) >= 11 is 11.9. The maximum Gasteiger partial charge on any atom is 0.166 e. The number of benzene rings is 3. The van der Waals surface area contributed by atoms with Crippen LogP contribution in [0.5, 0.6) is 5.75 Å². The molecule has 0 unspecified atom stereocenters. The zero-order valence-corrected chi connectivity index (χ0v) is 22.5. The van der Waals surface area contributed by atoms with E-state index in [1.165, 1.54) is 18.5 Å². The summed E-state index contributed by atoms with van der Waals surface area (Å²) in [6.07, 6.45) is 2.08. The van der Waals surface area contributed by atoms with Crippen LogP contribution in [-0.4, -0.2) is 41.1 Å². The second-order valence-electron chi connectivity index (χ2n) is 8.83. The highest BCUT2D eigenvalue weighted by Crippen LogP contribution is 2.31. The Morgan fingerprint density at radius 1 is 1.03 bits per heavy atom. The molecule has 0 spiro atoms. The van der Waals surface area contributed by atoms with E-state index in [2.05, 4.69) is 25.9 Å². The molecule has 0 atom stereocenters. The number of rotatable bonds is 10. The van der Waals surface area contributed by atoms with Gasteiger partial charge in [-0.3, -0.25) is 0 Å². The van der Waals surface area contributed by atoms with E-state index in [9.17, 15) is 4.39 Å². The first-order valence-corrected chi connectivity index (χ1v) is 13.2. The lowest BCUT2D eigenvalue weighted by molar-refractivity contribution is -0.0452. The van der Waals surface area contributed by atoms with Crippen LogP contribution in [0.15, 0.2) is 67.0 Å². The Morgan fingerprint density at radius 3 is 2.72 bits per heavy atom. The largest absolute Gasteiger partial charge is 0.487 e. The number of aromatic nitrogens is 2. The van der Waals surface area contributed by atoms with Crippen LogP contribution >= 0.6 is 23.8 Å². The summed E-state index contributed by atoms with van der Waals surface area (Å²) in [5, 5.41) is 11.6. The molecule has 0 aliphatic carbocycles. The smallest absolute Gasteiger partial charge is 0.166 e. The molecule has 3 N–H and O–H groups in total. The summed E-state index contributed by atoms with van der Waals surface area (Å²) in [5.41, 5.74) is 3.28. The molecule has 5 rings (SSSR count). The van der Waals surface area contributed by atoms with Crippen molar-refractivity contribution in [3.8, 4) is 5.75 Å². The molecule has 3 aromatic carbocycles. The third-order valence-corrected chi connectivity index (χ3v) is 6.57. The van der Waals surface area contributed by atoms with Crippen LogP contribution in [0, 0.1) is 5.82 Å². The number of nitrogens with one attached hydrogen (secondary N) is 3. The van der Waals surface area contributed by atoms with Gasteiger partial charge in [-0.05, 0) is 65.8 Å². The van der Waals surface area contributed by atoms with E-state index < -0.39 is 0 Å². The van der Waals surface area contributed by atoms with Crippen molar-refractivity contribution in [2.24, 2.45) is 0 Å². The second kappa shape index (κ2) is 13.0. The van der Waals surface area contributed by atoms with Gasteiger partial charge in [0.25, 0.3) is 0 Å². The molecule has 0 saturated carbocycles. The predicted molar refractivity (Wildman–Crippen MR) is 153 cm³/mol. The van der Waals surface area contributed by atoms with Gasteiger partial charge in [-0.25, -0.2) is 14.4 Å². The van der Waals surface area contributed by atoms with Gasteiger partial charge >= 0.3 is 0 Å². The molecular weight excluding hydrogens is 541 g/mol. The zero-order chi connectivity index (χ0) is 27.0. The highest BCUT2D eigenvalue weighted by Gasteiger charge is 2.15. The SMILES string of the molecule is Fc1cccc(COc2ccc(Nc3ncnc4ccc(CNC(=S)NCCC5OCCO5)cc34)cc2Cl)c1. The number of ether oxygens (including phenoxy) is 3. The molecule has 1 aliphatic heterocycles. The summed E-state index contributed by atoms with van der Waals surface area (Å²) in [4.78, 5) is 8.82. The fraction of sp³-hybridized carbons (Fsp3) is 0.250. The number of anilines is 2. The first-order chi connectivity index (χ1) is 19.0. The Kier molecular flexibility index (Phi) is 9.00. The lowest BCUT2D eigenvalue weighted by atomic mass is 10.1. The molecule has 1 saturated heterocycles. The van der Waals surface area contributed by atoms with Crippen molar-refractivity contribution in [1.82, 2.24) is 20.6 Å². The third kappa shape index (κ3) is 7.51. The van der Waals surface area contributed by atoms with E-state index in [0.29, 0.717) is 48.0 Å². The van der Waals surface area contributed by atoms with Gasteiger partial charge in [-0.2, -0.15) is 0 Å². The zero-order valence-electron chi connectivity index (χ0n) is 21.0. The minimum atomic E-state index is -0.308. The van der Waals surface area contributed by atoms with Gasteiger partial charge in [0, 0.05) is 30.6 Å². The fourth-order valence-corrected chi connectivity index (χ4v) is 4.47. The van der Waals surface area contributed by atoms with Gasteiger partial charge in [0.1, 0.15) is 30.3 Å². The van der Waals surface area contributed by atoms with E-state index in [4.69, 9.17) is 38.0 Å². The van der Waals surface area contributed by atoms with Gasteiger partial charge in [0.15, 0.2) is 11.4 Å². The fourth-order valence-electron chi connectivity index (χ4n) is 4.06. The van der Waals surface area contributed by atoms with Gasteiger partial charge < -0.3 is 30.2 Å². The normalized spacial score (nSPS) is 13.4. The predicted octanol–water partition coefficient (Wildman–Crippen LogP) is 5.47. The highest BCUT2D eigenvalue weighted by molar-refractivity contribution is 7.80. The number of fused-ring (bicyclic) bond motifs is 1. The van der Waals surface area contributed by atoms with Crippen molar-refractivity contribution in [3.63, 3.8) is 0 Å². The molecule has 4 aromatic rings. The van der Waals surface area contributed by atoms with Gasteiger partial charge in [-0.1, -0.05) is 29.8 Å². The minimum absolute atomic E-state index is 0.162. The molecule has 1 aliphatic rings. The van der Waals surface area contributed by atoms with E-state index in [1.807, 2.05) is 24.3 Å². The van der Waals surface area contributed by atoms with Gasteiger partial charge in [0.05, 0.1) is 23.8 Å². The van der Waals surface area contributed by atoms with Crippen LogP contribution in [0.3, 0.4) is 0 Å². The quantitative estimate of drug-likeness (QED) is 0.216. The van der Waals surface area contributed by atoms with Crippen LogP contribution in [0.2, 0.25) is 5.02 Å². The molecule has 1 aromatic heterocycles. The van der Waals surface area contributed by atoms with Gasteiger partial charge in [0.2, 0.25) is 0 Å². The molecule has 11 heteroatoms. The Bertz CT molecular complexity index is 1450. The topological polar surface area (TPSA) is 89.6 Å². The third-order valence-electron chi connectivity index (χ3n) is 5.99. The summed E-state index contributed by atoms with van der Waals surface area (Å²) in [7, 11) is 0. The molecule has 39 heavy (non-hydrogen) atoms. The van der Waals surface area contributed by atoms with Crippen LogP contribution < -0.4 is 20.7 Å². The van der Waals surface area contributed by atoms with E-state index in [-0.39, 0.29) is 18.7 Å². The maximum absolute atomic E-state index is 13.4. The maximum atomic E-state index is 13.4. The van der Waals surface area contributed by atoms with Crippen molar-refractivity contribution in [2.75, 3.05) is 25.1 Å². The van der Waals surface area contributed by atoms with Gasteiger partial charge in [-0.15, -0.1) is 0 Å². The summed E-state index contributed by atoms with van der Waals surface area (Å²) < 4.78 is 30.1. The first kappa shape index (κ1) is 27.0. The van der Waals surface area contributed by atoms with Crippen LogP contribution in [-0.2, 0) is 22.6 Å². The Hall–Kier alpha value is -3.57.